The maximum Gasteiger partial charge on any atom is 0.310 e. The van der Waals surface area contributed by atoms with Crippen molar-refractivity contribution in [1.82, 2.24) is 4.90 Å². The fraction of sp³-hybridized carbons (Fsp3) is 0.500. The Labute approximate surface area is 203 Å². The van der Waals surface area contributed by atoms with E-state index < -0.39 is 22.6 Å². The molecule has 7 nitrogen and oxygen atoms in total. The maximum atomic E-state index is 13.8. The number of nitrogens with one attached hydrogen (secondary N) is 1. The number of esters is 1. The summed E-state index contributed by atoms with van der Waals surface area (Å²) in [6, 6.07) is 13.0. The molecule has 0 aromatic heterocycles. The molecular formula is C26H30N2O5S. The van der Waals surface area contributed by atoms with Gasteiger partial charge in [0.15, 0.2) is 0 Å². The number of anilines is 1. The van der Waals surface area contributed by atoms with E-state index >= 15 is 0 Å². The van der Waals surface area contributed by atoms with Gasteiger partial charge in [-0.1, -0.05) is 37.3 Å². The smallest absolute Gasteiger partial charge is 0.310 e. The van der Waals surface area contributed by atoms with Gasteiger partial charge in [-0.3, -0.25) is 14.4 Å². The number of carbonyl (C=O) groups excluding carboxylic acids is 3. The molecular weight excluding hydrogens is 452 g/mol. The van der Waals surface area contributed by atoms with Crippen molar-refractivity contribution in [3.8, 4) is 0 Å². The van der Waals surface area contributed by atoms with Crippen LogP contribution in [0.4, 0.5) is 5.69 Å². The highest BCUT2D eigenvalue weighted by molar-refractivity contribution is 8.02. The molecule has 3 aliphatic heterocycles. The van der Waals surface area contributed by atoms with E-state index in [0.29, 0.717) is 12.1 Å². The molecule has 3 unspecified atom stereocenters. The molecule has 2 aromatic carbocycles. The van der Waals surface area contributed by atoms with Gasteiger partial charge in [-0.2, -0.15) is 0 Å². The van der Waals surface area contributed by atoms with Crippen molar-refractivity contribution in [3.63, 3.8) is 0 Å². The molecule has 180 valence electrons. The summed E-state index contributed by atoms with van der Waals surface area (Å²) in [5.41, 5.74) is 0.672. The normalized spacial score (nSPS) is 31.7. The molecule has 1 spiro atoms. The number of thioether (sulfide) groups is 1. The van der Waals surface area contributed by atoms with E-state index in [9.17, 15) is 19.5 Å². The van der Waals surface area contributed by atoms with Gasteiger partial charge < -0.3 is 20.1 Å². The Kier molecular flexibility index (Phi) is 6.06. The van der Waals surface area contributed by atoms with E-state index in [4.69, 9.17) is 4.74 Å². The lowest BCUT2D eigenvalue weighted by molar-refractivity contribution is -0.154. The average Bonchev–Trinajstić information content (AvgIpc) is 3.41. The third kappa shape index (κ3) is 3.41. The topological polar surface area (TPSA) is 95.9 Å². The minimum absolute atomic E-state index is 0.0287. The van der Waals surface area contributed by atoms with Crippen LogP contribution in [0.25, 0.3) is 10.8 Å². The Hall–Kier alpha value is -2.58. The van der Waals surface area contributed by atoms with Gasteiger partial charge in [-0.05, 0) is 48.6 Å². The van der Waals surface area contributed by atoms with E-state index in [1.165, 1.54) is 0 Å². The summed E-state index contributed by atoms with van der Waals surface area (Å²) in [7, 11) is 0. The van der Waals surface area contributed by atoms with Gasteiger partial charge in [0.05, 0.1) is 23.2 Å². The average molecular weight is 483 g/mol. The first-order valence-electron chi connectivity index (χ1n) is 12.0. The lowest BCUT2D eigenvalue weighted by atomic mass is 9.66. The predicted octanol–water partition coefficient (Wildman–Crippen LogP) is 3.06. The van der Waals surface area contributed by atoms with E-state index in [2.05, 4.69) is 12.2 Å². The zero-order valence-electron chi connectivity index (χ0n) is 19.4. The van der Waals surface area contributed by atoms with Crippen molar-refractivity contribution in [2.24, 2.45) is 17.8 Å². The summed E-state index contributed by atoms with van der Waals surface area (Å²) in [5.74, 6) is -1.79. The highest BCUT2D eigenvalue weighted by atomic mass is 32.2. The molecule has 2 N–H and O–H groups in total. The minimum Gasteiger partial charge on any atom is -0.466 e. The van der Waals surface area contributed by atoms with Crippen molar-refractivity contribution in [2.75, 3.05) is 25.1 Å². The minimum atomic E-state index is -0.715. The van der Waals surface area contributed by atoms with E-state index in [1.54, 1.807) is 23.6 Å². The zero-order valence-corrected chi connectivity index (χ0v) is 20.2. The van der Waals surface area contributed by atoms with E-state index in [1.807, 2.05) is 42.5 Å². The molecule has 3 heterocycles. The molecule has 6 atom stereocenters. The molecule has 2 amide bonds. The van der Waals surface area contributed by atoms with E-state index in [-0.39, 0.29) is 48.7 Å². The lowest BCUT2D eigenvalue weighted by Gasteiger charge is -2.38. The van der Waals surface area contributed by atoms with E-state index in [0.717, 1.165) is 17.2 Å². The Balaban J connectivity index is 1.51. The predicted molar refractivity (Wildman–Crippen MR) is 131 cm³/mol. The van der Waals surface area contributed by atoms with Crippen LogP contribution in [-0.4, -0.2) is 63.6 Å². The lowest BCUT2D eigenvalue weighted by Crippen LogP contribution is -2.54. The molecule has 2 bridgehead atoms. The number of aliphatic hydroxyl groups excluding tert-OH is 1. The van der Waals surface area contributed by atoms with Gasteiger partial charge in [0.25, 0.3) is 0 Å². The summed E-state index contributed by atoms with van der Waals surface area (Å²) >= 11 is 1.62. The van der Waals surface area contributed by atoms with Crippen LogP contribution in [0.1, 0.15) is 26.7 Å². The van der Waals surface area contributed by atoms with Crippen molar-refractivity contribution < 1.29 is 24.2 Å². The molecule has 0 saturated carbocycles. The standard InChI is InChI=1S/C26H30N2O5S/c1-3-33-25(32)20-19-13-15(2)26(34-19)21(20)24(31)28(11-6-12-29)22(26)23(30)27-18-10-9-16-7-4-5-8-17(16)14-18/h4-5,7-10,14-15,19-22,29H,3,6,11-13H2,1-2H3,(H,27,30)/t15?,19-,20+,21+,22?,26?/m1/s1. The number of nitrogens with zero attached hydrogens (tertiary/aromatic N) is 1. The molecule has 0 radical (unpaired) electrons. The van der Waals surface area contributed by atoms with Crippen LogP contribution < -0.4 is 5.32 Å². The van der Waals surface area contributed by atoms with Crippen LogP contribution >= 0.6 is 11.8 Å². The Morgan fingerprint density at radius 1 is 1.24 bits per heavy atom. The first-order chi connectivity index (χ1) is 16.4. The first-order valence-corrected chi connectivity index (χ1v) is 12.9. The fourth-order valence-corrected chi connectivity index (χ4v) is 8.69. The summed E-state index contributed by atoms with van der Waals surface area (Å²) in [6.45, 7) is 4.31. The van der Waals surface area contributed by atoms with Crippen LogP contribution in [-0.2, 0) is 19.1 Å². The van der Waals surface area contributed by atoms with Gasteiger partial charge in [0, 0.05) is 24.1 Å². The number of likely N-dealkylation sites (tertiary alicyclic amines) is 1. The molecule has 8 heteroatoms. The second kappa shape index (κ2) is 8.89. The number of ether oxygens (including phenoxy) is 1. The largest absolute Gasteiger partial charge is 0.466 e. The molecule has 2 aromatic rings. The zero-order chi connectivity index (χ0) is 24.0. The quantitative estimate of drug-likeness (QED) is 0.589. The Morgan fingerprint density at radius 3 is 2.74 bits per heavy atom. The number of aliphatic hydroxyl groups is 1. The molecule has 3 fully saturated rings. The molecule has 0 aliphatic carbocycles. The number of benzene rings is 2. The molecule has 3 aliphatic rings. The van der Waals surface area contributed by atoms with Gasteiger partial charge in [-0.15, -0.1) is 11.8 Å². The number of fused-ring (bicyclic) bond motifs is 2. The van der Waals surface area contributed by atoms with Gasteiger partial charge >= 0.3 is 5.97 Å². The van der Waals surface area contributed by atoms with Crippen molar-refractivity contribution in [3.05, 3.63) is 42.5 Å². The van der Waals surface area contributed by atoms with Gasteiger partial charge in [0.2, 0.25) is 11.8 Å². The SMILES string of the molecule is CCOC(=O)[C@@H]1[C@H]2C(=O)N(CCCO)C(C(=O)Nc3ccc4ccccc4c3)C23S[C@@H]1CC3C. The van der Waals surface area contributed by atoms with Crippen LogP contribution in [0.5, 0.6) is 0 Å². The fourth-order valence-electron chi connectivity index (χ4n) is 6.29. The third-order valence-corrected chi connectivity index (χ3v) is 9.70. The van der Waals surface area contributed by atoms with Crippen LogP contribution in [0.3, 0.4) is 0 Å². The van der Waals surface area contributed by atoms with Crippen molar-refractivity contribution in [2.45, 2.75) is 42.7 Å². The van der Waals surface area contributed by atoms with Crippen LogP contribution in [0, 0.1) is 17.8 Å². The Bertz CT molecular complexity index is 1140. The summed E-state index contributed by atoms with van der Waals surface area (Å²) in [4.78, 5) is 42.1. The number of hydrogen-bond acceptors (Lipinski definition) is 6. The summed E-state index contributed by atoms with van der Waals surface area (Å²) in [6.07, 6.45) is 1.15. The number of carbonyl (C=O) groups is 3. The summed E-state index contributed by atoms with van der Waals surface area (Å²) < 4.78 is 4.67. The second-order valence-electron chi connectivity index (χ2n) is 9.46. The molecule has 3 saturated heterocycles. The van der Waals surface area contributed by atoms with Crippen LogP contribution in [0.15, 0.2) is 42.5 Å². The van der Waals surface area contributed by atoms with Gasteiger partial charge in [-0.25, -0.2) is 0 Å². The second-order valence-corrected chi connectivity index (χ2v) is 11.0. The van der Waals surface area contributed by atoms with Crippen molar-refractivity contribution in [1.29, 1.82) is 0 Å². The number of hydrogen-bond donors (Lipinski definition) is 2. The number of amides is 2. The van der Waals surface area contributed by atoms with Crippen molar-refractivity contribution >= 4 is 46.0 Å². The Morgan fingerprint density at radius 2 is 2.00 bits per heavy atom. The highest BCUT2D eigenvalue weighted by Crippen LogP contribution is 2.68. The maximum absolute atomic E-state index is 13.8. The third-order valence-electron chi connectivity index (χ3n) is 7.63. The first kappa shape index (κ1) is 23.2. The molecule has 34 heavy (non-hydrogen) atoms. The van der Waals surface area contributed by atoms with Gasteiger partial charge in [0.1, 0.15) is 6.04 Å². The monoisotopic (exact) mass is 482 g/mol. The molecule has 5 rings (SSSR count). The highest BCUT2D eigenvalue weighted by Gasteiger charge is 2.76. The summed E-state index contributed by atoms with van der Waals surface area (Å²) in [5, 5.41) is 14.6. The number of rotatable bonds is 7. The van der Waals surface area contributed by atoms with Crippen LogP contribution in [0.2, 0.25) is 0 Å².